The molecule has 0 amide bonds. The number of nitrogens with one attached hydrogen (secondary N) is 1. The fourth-order valence-electron chi connectivity index (χ4n) is 4.97. The number of ether oxygens (including phenoxy) is 2. The van der Waals surface area contributed by atoms with E-state index in [1.54, 1.807) is 18.4 Å². The van der Waals surface area contributed by atoms with Crippen molar-refractivity contribution < 1.29 is 24.5 Å². The Labute approximate surface area is 193 Å². The highest BCUT2D eigenvalue weighted by Crippen LogP contribution is 2.49. The summed E-state index contributed by atoms with van der Waals surface area (Å²) in [5, 5.41) is 20.8. The van der Waals surface area contributed by atoms with E-state index in [0.717, 1.165) is 44.7 Å². The molecule has 1 aliphatic heterocycles. The summed E-state index contributed by atoms with van der Waals surface area (Å²) in [6.45, 7) is 1.92. The highest BCUT2D eigenvalue weighted by atomic mass is 32.1. The minimum absolute atomic E-state index is 0.0900. The number of aliphatic carboxylic acids is 1. The highest BCUT2D eigenvalue weighted by Gasteiger charge is 2.48. The summed E-state index contributed by atoms with van der Waals surface area (Å²) in [5.41, 5.74) is 1.46. The van der Waals surface area contributed by atoms with Crippen LogP contribution in [0.15, 0.2) is 35.8 Å². The number of methoxy groups -OCH3 is 1. The van der Waals surface area contributed by atoms with Crippen molar-refractivity contribution >= 4 is 17.3 Å². The van der Waals surface area contributed by atoms with Gasteiger partial charge in [0.15, 0.2) is 0 Å². The van der Waals surface area contributed by atoms with E-state index in [1.165, 1.54) is 36.3 Å². The molecule has 0 radical (unpaired) electrons. The maximum atomic E-state index is 9.12. The van der Waals surface area contributed by atoms with Crippen LogP contribution in [0, 0.1) is 0 Å². The molecule has 32 heavy (non-hydrogen) atoms. The number of carbonyl (C=O) groups is 1. The third kappa shape index (κ3) is 6.28. The Morgan fingerprint density at radius 3 is 2.72 bits per heavy atom. The van der Waals surface area contributed by atoms with Gasteiger partial charge in [0, 0.05) is 30.5 Å². The summed E-state index contributed by atoms with van der Waals surface area (Å²) < 4.78 is 11.8. The Kier molecular flexibility index (Phi) is 9.04. The molecule has 2 aromatic rings. The fraction of sp³-hybridized carbons (Fsp3) is 0.583. The fourth-order valence-corrected chi connectivity index (χ4v) is 5.77. The topological polar surface area (TPSA) is 101 Å². The number of rotatable bonds is 8. The minimum atomic E-state index is -1.19. The third-order valence-corrected chi connectivity index (χ3v) is 7.40. The summed E-state index contributed by atoms with van der Waals surface area (Å²) >= 11 is 1.75. The van der Waals surface area contributed by atoms with E-state index >= 15 is 0 Å². The number of aromatic nitrogens is 1. The maximum absolute atomic E-state index is 9.12. The monoisotopic (exact) mass is 462 g/mol. The van der Waals surface area contributed by atoms with Crippen LogP contribution >= 0.6 is 11.3 Å². The van der Waals surface area contributed by atoms with Crippen molar-refractivity contribution in [1.82, 2.24) is 10.3 Å². The lowest BCUT2D eigenvalue weighted by molar-refractivity contribution is -0.140. The predicted octanol–water partition coefficient (Wildman–Crippen LogP) is 3.76. The molecule has 1 atom stereocenters. The Bertz CT molecular complexity index is 838. The van der Waals surface area contributed by atoms with E-state index in [-0.39, 0.29) is 11.0 Å². The normalized spacial score (nSPS) is 21.7. The van der Waals surface area contributed by atoms with Crippen LogP contribution in [0.5, 0.6) is 5.75 Å². The number of hydrogen-bond donors (Lipinski definition) is 3. The van der Waals surface area contributed by atoms with Crippen molar-refractivity contribution in [3.8, 4) is 5.75 Å². The van der Waals surface area contributed by atoms with E-state index in [4.69, 9.17) is 29.5 Å². The average molecular weight is 463 g/mol. The summed E-state index contributed by atoms with van der Waals surface area (Å²) in [6, 6.07) is 8.41. The molecule has 7 nitrogen and oxygen atoms in total. The summed E-state index contributed by atoms with van der Waals surface area (Å²) in [5.74, 6) is -0.201. The van der Waals surface area contributed by atoms with Gasteiger partial charge in [-0.05, 0) is 62.2 Å². The Morgan fingerprint density at radius 2 is 2.06 bits per heavy atom. The van der Waals surface area contributed by atoms with Gasteiger partial charge in [0.25, 0.3) is 0 Å². The lowest BCUT2D eigenvalue weighted by Gasteiger charge is -2.46. The molecule has 4 rings (SSSR count). The SMILES string of the molecule is COc1ccsc1CNCC[C@@]1(c2ccccn2)CCOC2(CCCC2)C1.O=C(O)CO. The number of hydrogen-bond acceptors (Lipinski definition) is 7. The van der Waals surface area contributed by atoms with Gasteiger partial charge >= 0.3 is 5.97 Å². The number of aliphatic hydroxyl groups excluding tert-OH is 1. The van der Waals surface area contributed by atoms with Gasteiger partial charge in [0.2, 0.25) is 0 Å². The van der Waals surface area contributed by atoms with Crippen LogP contribution in [0.4, 0.5) is 0 Å². The maximum Gasteiger partial charge on any atom is 0.329 e. The van der Waals surface area contributed by atoms with Crippen LogP contribution in [0.1, 0.15) is 55.5 Å². The van der Waals surface area contributed by atoms with E-state index in [2.05, 4.69) is 22.8 Å². The molecule has 8 heteroatoms. The molecular weight excluding hydrogens is 428 g/mol. The Balaban J connectivity index is 0.000000523. The van der Waals surface area contributed by atoms with Gasteiger partial charge in [-0.15, -0.1) is 11.3 Å². The molecule has 1 aliphatic carbocycles. The van der Waals surface area contributed by atoms with Crippen LogP contribution in [0.25, 0.3) is 0 Å². The van der Waals surface area contributed by atoms with E-state index < -0.39 is 12.6 Å². The summed E-state index contributed by atoms with van der Waals surface area (Å²) in [6.07, 6.45) is 10.2. The molecule has 2 aromatic heterocycles. The number of carboxylic acid groups (broad SMARTS) is 1. The van der Waals surface area contributed by atoms with Gasteiger partial charge in [-0.1, -0.05) is 18.9 Å². The van der Waals surface area contributed by atoms with Crippen LogP contribution in [0.3, 0.4) is 0 Å². The molecule has 3 heterocycles. The van der Waals surface area contributed by atoms with Gasteiger partial charge in [-0.25, -0.2) is 4.79 Å². The average Bonchev–Trinajstić information content (AvgIpc) is 3.47. The van der Waals surface area contributed by atoms with Crippen LogP contribution in [-0.2, 0) is 21.5 Å². The second-order valence-corrected chi connectivity index (χ2v) is 9.55. The second-order valence-electron chi connectivity index (χ2n) is 8.55. The van der Waals surface area contributed by atoms with Crippen molar-refractivity contribution in [2.45, 2.75) is 62.5 Å². The molecule has 1 spiro atoms. The smallest absolute Gasteiger partial charge is 0.329 e. The number of nitrogens with zero attached hydrogens (tertiary/aromatic N) is 1. The van der Waals surface area contributed by atoms with Crippen molar-refractivity contribution in [3.05, 3.63) is 46.4 Å². The van der Waals surface area contributed by atoms with E-state index in [1.807, 2.05) is 18.3 Å². The molecule has 0 unspecified atom stereocenters. The van der Waals surface area contributed by atoms with Crippen LogP contribution in [0.2, 0.25) is 0 Å². The molecule has 0 aromatic carbocycles. The number of aliphatic hydroxyl groups is 1. The van der Waals surface area contributed by atoms with Gasteiger partial charge in [0.05, 0.1) is 17.6 Å². The Hall–Kier alpha value is -2.00. The van der Waals surface area contributed by atoms with E-state index in [9.17, 15) is 0 Å². The zero-order chi connectivity index (χ0) is 22.9. The third-order valence-electron chi connectivity index (χ3n) is 6.50. The first-order valence-corrected chi connectivity index (χ1v) is 12.1. The highest BCUT2D eigenvalue weighted by molar-refractivity contribution is 7.10. The first-order valence-electron chi connectivity index (χ1n) is 11.2. The molecule has 2 aliphatic rings. The van der Waals surface area contributed by atoms with Gasteiger partial charge < -0.3 is 25.0 Å². The zero-order valence-corrected chi connectivity index (χ0v) is 19.5. The van der Waals surface area contributed by atoms with Gasteiger partial charge in [-0.3, -0.25) is 4.98 Å². The largest absolute Gasteiger partial charge is 0.496 e. The first kappa shape index (κ1) is 24.6. The molecule has 1 saturated heterocycles. The van der Waals surface area contributed by atoms with Crippen LogP contribution < -0.4 is 10.1 Å². The molecular formula is C24H34N2O5S. The summed E-state index contributed by atoms with van der Waals surface area (Å²) in [4.78, 5) is 15.2. The Morgan fingerprint density at radius 1 is 1.28 bits per heavy atom. The zero-order valence-electron chi connectivity index (χ0n) is 18.7. The standard InChI is InChI=1S/C22H30N2O2S.C2H4O3/c1-25-18-7-15-27-19(18)16-23-13-10-21(20-6-2-5-12-24-20)11-14-26-22(17-21)8-3-4-9-22;3-1-2(4)5/h2,5-7,12,15,23H,3-4,8-11,13-14,16-17H2,1H3;3H,1H2,(H,4,5)/t21-;/m1./s1. The predicted molar refractivity (Wildman–Crippen MR) is 124 cm³/mol. The van der Waals surface area contributed by atoms with Gasteiger partial charge in [0.1, 0.15) is 12.4 Å². The lowest BCUT2D eigenvalue weighted by Crippen LogP contribution is -2.47. The second kappa shape index (κ2) is 11.7. The molecule has 0 bridgehead atoms. The molecule has 176 valence electrons. The number of thiophene rings is 1. The molecule has 3 N–H and O–H groups in total. The van der Waals surface area contributed by atoms with Crippen molar-refractivity contribution in [2.24, 2.45) is 0 Å². The van der Waals surface area contributed by atoms with Gasteiger partial charge in [-0.2, -0.15) is 0 Å². The number of carboxylic acids is 1. The van der Waals surface area contributed by atoms with E-state index in [0.29, 0.717) is 0 Å². The first-order chi connectivity index (χ1) is 15.5. The summed E-state index contributed by atoms with van der Waals surface area (Å²) in [7, 11) is 1.74. The van der Waals surface area contributed by atoms with Crippen molar-refractivity contribution in [1.29, 1.82) is 0 Å². The minimum Gasteiger partial charge on any atom is -0.496 e. The molecule has 1 saturated carbocycles. The molecule has 2 fully saturated rings. The lowest BCUT2D eigenvalue weighted by atomic mass is 9.68. The van der Waals surface area contributed by atoms with Crippen molar-refractivity contribution in [2.75, 3.05) is 26.9 Å². The van der Waals surface area contributed by atoms with Crippen LogP contribution in [-0.4, -0.2) is 53.6 Å². The van der Waals surface area contributed by atoms with Crippen molar-refractivity contribution in [3.63, 3.8) is 0 Å². The quantitative estimate of drug-likeness (QED) is 0.514. The number of pyridine rings is 1.